The molecule has 0 bridgehead atoms. The molecule has 0 aliphatic heterocycles. The van der Waals surface area contributed by atoms with Crippen molar-refractivity contribution in [2.45, 2.75) is 58.3 Å². The number of hydrogen-bond acceptors (Lipinski definition) is 6. The molecule has 1 aromatic heterocycles. The quantitative estimate of drug-likeness (QED) is 0.205. The molecule has 32 heavy (non-hydrogen) atoms. The first kappa shape index (κ1) is 23.4. The Hall–Kier alpha value is -3.28. The fraction of sp³-hybridized carbons (Fsp3) is 0.385. The first-order chi connectivity index (χ1) is 15.6. The molecular weight excluding hydrogens is 408 g/mol. The molecule has 0 aliphatic carbocycles. The molecule has 0 amide bonds. The second-order valence-electron chi connectivity index (χ2n) is 7.78. The average Bonchev–Trinajstić information content (AvgIpc) is 2.80. The van der Waals surface area contributed by atoms with E-state index in [4.69, 9.17) is 13.9 Å². The van der Waals surface area contributed by atoms with E-state index >= 15 is 0 Å². The van der Waals surface area contributed by atoms with Crippen LogP contribution in [0.15, 0.2) is 57.7 Å². The lowest BCUT2D eigenvalue weighted by Crippen LogP contribution is -2.15. The number of phenols is 1. The van der Waals surface area contributed by atoms with Gasteiger partial charge in [0, 0.05) is 0 Å². The van der Waals surface area contributed by atoms with Gasteiger partial charge < -0.3 is 19.0 Å². The predicted octanol–water partition coefficient (Wildman–Crippen LogP) is 6.24. The van der Waals surface area contributed by atoms with Crippen molar-refractivity contribution in [1.82, 2.24) is 0 Å². The number of ether oxygens (including phenoxy) is 2. The highest BCUT2D eigenvalue weighted by atomic mass is 16.6. The summed E-state index contributed by atoms with van der Waals surface area (Å²) in [5.41, 5.74) is -0.317. The van der Waals surface area contributed by atoms with Crippen molar-refractivity contribution in [1.29, 1.82) is 0 Å². The molecular formula is C26H30O6. The first-order valence-electron chi connectivity index (χ1n) is 11.3. The smallest absolute Gasteiger partial charge is 0.383 e. The monoisotopic (exact) mass is 438 g/mol. The zero-order valence-corrected chi connectivity index (χ0v) is 18.5. The van der Waals surface area contributed by atoms with Gasteiger partial charge in [0.2, 0.25) is 5.75 Å². The topological polar surface area (TPSA) is 86.0 Å². The SMILES string of the molecule is CCCCCCCCCCOc1c(OC(=O)c2ccccc2)c2c(O)cccc2oc1=O. The number of rotatable bonds is 12. The highest BCUT2D eigenvalue weighted by molar-refractivity contribution is 5.97. The molecule has 3 aromatic rings. The van der Waals surface area contributed by atoms with E-state index in [1.165, 1.54) is 44.2 Å². The fourth-order valence-corrected chi connectivity index (χ4v) is 3.54. The molecule has 0 unspecified atom stereocenters. The van der Waals surface area contributed by atoms with Gasteiger partial charge >= 0.3 is 11.6 Å². The van der Waals surface area contributed by atoms with E-state index < -0.39 is 11.6 Å². The van der Waals surface area contributed by atoms with Gasteiger partial charge in [-0.3, -0.25) is 0 Å². The fourth-order valence-electron chi connectivity index (χ4n) is 3.54. The lowest BCUT2D eigenvalue weighted by Gasteiger charge is -2.13. The summed E-state index contributed by atoms with van der Waals surface area (Å²) < 4.78 is 16.6. The van der Waals surface area contributed by atoms with Crippen LogP contribution in [0.2, 0.25) is 0 Å². The van der Waals surface area contributed by atoms with Crippen LogP contribution in [0.5, 0.6) is 17.2 Å². The highest BCUT2D eigenvalue weighted by Crippen LogP contribution is 2.38. The second-order valence-corrected chi connectivity index (χ2v) is 7.78. The van der Waals surface area contributed by atoms with Gasteiger partial charge in [-0.05, 0) is 30.7 Å². The van der Waals surface area contributed by atoms with Crippen LogP contribution >= 0.6 is 0 Å². The van der Waals surface area contributed by atoms with Crippen LogP contribution in [0, 0.1) is 0 Å². The summed E-state index contributed by atoms with van der Waals surface area (Å²) >= 11 is 0. The largest absolute Gasteiger partial charge is 0.507 e. The van der Waals surface area contributed by atoms with Crippen molar-refractivity contribution in [3.8, 4) is 17.2 Å². The second kappa shape index (κ2) is 11.9. The van der Waals surface area contributed by atoms with E-state index in [1.807, 2.05) is 0 Å². The minimum absolute atomic E-state index is 0.116. The number of hydrogen-bond donors (Lipinski definition) is 1. The Morgan fingerprint density at radius 3 is 2.28 bits per heavy atom. The van der Waals surface area contributed by atoms with Crippen molar-refractivity contribution in [2.24, 2.45) is 0 Å². The van der Waals surface area contributed by atoms with Gasteiger partial charge in [-0.15, -0.1) is 0 Å². The van der Waals surface area contributed by atoms with Crippen LogP contribution < -0.4 is 15.1 Å². The van der Waals surface area contributed by atoms with Crippen molar-refractivity contribution in [3.63, 3.8) is 0 Å². The molecule has 3 rings (SSSR count). The summed E-state index contributed by atoms with van der Waals surface area (Å²) in [6.45, 7) is 2.49. The zero-order valence-electron chi connectivity index (χ0n) is 18.5. The number of carbonyl (C=O) groups is 1. The predicted molar refractivity (Wildman–Crippen MR) is 124 cm³/mol. The molecule has 0 saturated carbocycles. The Bertz CT molecular complexity index is 1070. The minimum Gasteiger partial charge on any atom is -0.507 e. The lowest BCUT2D eigenvalue weighted by atomic mass is 10.1. The summed E-state index contributed by atoms with van der Waals surface area (Å²) in [6, 6.07) is 12.9. The number of unbranched alkanes of at least 4 members (excludes halogenated alkanes) is 7. The van der Waals surface area contributed by atoms with Gasteiger partial charge in [0.05, 0.1) is 12.2 Å². The maximum absolute atomic E-state index is 12.7. The Kier molecular flexibility index (Phi) is 8.72. The first-order valence-corrected chi connectivity index (χ1v) is 11.3. The van der Waals surface area contributed by atoms with Crippen LogP contribution in [-0.4, -0.2) is 17.7 Å². The number of carbonyl (C=O) groups excluding carboxylic acids is 1. The number of esters is 1. The number of fused-ring (bicyclic) bond motifs is 1. The van der Waals surface area contributed by atoms with Gasteiger partial charge in [-0.1, -0.05) is 76.1 Å². The molecule has 0 atom stereocenters. The van der Waals surface area contributed by atoms with Crippen molar-refractivity contribution in [2.75, 3.05) is 6.61 Å². The van der Waals surface area contributed by atoms with Crippen LogP contribution in [-0.2, 0) is 0 Å². The highest BCUT2D eigenvalue weighted by Gasteiger charge is 2.23. The van der Waals surface area contributed by atoms with Gasteiger partial charge in [-0.25, -0.2) is 9.59 Å². The molecule has 0 radical (unpaired) electrons. The van der Waals surface area contributed by atoms with Crippen molar-refractivity contribution in [3.05, 3.63) is 64.5 Å². The van der Waals surface area contributed by atoms with E-state index in [0.29, 0.717) is 5.56 Å². The van der Waals surface area contributed by atoms with Gasteiger partial charge in [0.1, 0.15) is 16.7 Å². The molecule has 2 aromatic carbocycles. The Morgan fingerprint density at radius 1 is 0.875 bits per heavy atom. The molecule has 0 spiro atoms. The van der Waals surface area contributed by atoms with Gasteiger partial charge in [-0.2, -0.15) is 0 Å². The van der Waals surface area contributed by atoms with Crippen LogP contribution in [0.1, 0.15) is 68.6 Å². The normalized spacial score (nSPS) is 10.9. The number of phenolic OH excluding ortho intramolecular Hbond substituents is 1. The molecule has 0 saturated heterocycles. The van der Waals surface area contributed by atoms with Crippen LogP contribution in [0.4, 0.5) is 0 Å². The summed E-state index contributed by atoms with van der Waals surface area (Å²) in [5, 5.41) is 10.5. The summed E-state index contributed by atoms with van der Waals surface area (Å²) in [5.74, 6) is -1.15. The Morgan fingerprint density at radius 2 is 1.56 bits per heavy atom. The maximum atomic E-state index is 12.7. The molecule has 0 fully saturated rings. The molecule has 6 heteroatoms. The van der Waals surface area contributed by atoms with E-state index in [2.05, 4.69) is 6.92 Å². The lowest BCUT2D eigenvalue weighted by molar-refractivity contribution is 0.0729. The average molecular weight is 439 g/mol. The minimum atomic E-state index is -0.751. The summed E-state index contributed by atoms with van der Waals surface area (Å²) in [4.78, 5) is 25.2. The zero-order chi connectivity index (χ0) is 22.8. The van der Waals surface area contributed by atoms with Gasteiger partial charge in [0.15, 0.2) is 5.75 Å². The van der Waals surface area contributed by atoms with Gasteiger partial charge in [0.25, 0.3) is 0 Å². The van der Waals surface area contributed by atoms with Crippen molar-refractivity contribution >= 4 is 16.9 Å². The van der Waals surface area contributed by atoms with Crippen LogP contribution in [0.25, 0.3) is 11.0 Å². The molecule has 1 N–H and O–H groups in total. The summed E-state index contributed by atoms with van der Waals surface area (Å²) in [7, 11) is 0. The Balaban J connectivity index is 1.74. The maximum Gasteiger partial charge on any atom is 0.383 e. The van der Waals surface area contributed by atoms with E-state index in [0.717, 1.165) is 19.3 Å². The van der Waals surface area contributed by atoms with Crippen LogP contribution in [0.3, 0.4) is 0 Å². The van der Waals surface area contributed by atoms with E-state index in [-0.39, 0.29) is 34.8 Å². The Labute approximate surface area is 187 Å². The standard InChI is InChI=1S/C26H30O6/c1-2-3-4-5-6-7-8-12-18-30-24-23(32-25(28)19-14-10-9-11-15-19)22-20(27)16-13-17-21(22)31-26(24)29/h9-11,13-17,27H,2-8,12,18H2,1H3. The molecule has 170 valence electrons. The van der Waals surface area contributed by atoms with E-state index in [9.17, 15) is 14.7 Å². The van der Waals surface area contributed by atoms with Crippen molar-refractivity contribution < 1.29 is 23.8 Å². The molecule has 0 aliphatic rings. The molecule has 1 heterocycles. The number of aromatic hydroxyl groups is 1. The third-order valence-corrected chi connectivity index (χ3v) is 5.27. The third kappa shape index (κ3) is 6.13. The summed E-state index contributed by atoms with van der Waals surface area (Å²) in [6.07, 6.45) is 9.05. The molecule has 6 nitrogen and oxygen atoms in total. The third-order valence-electron chi connectivity index (χ3n) is 5.27. The van der Waals surface area contributed by atoms with E-state index in [1.54, 1.807) is 36.4 Å². The number of benzene rings is 2.